The summed E-state index contributed by atoms with van der Waals surface area (Å²) in [5.74, 6) is 0.706. The maximum atomic E-state index is 14.0. The number of anilines is 2. The van der Waals surface area contributed by atoms with E-state index in [9.17, 15) is 4.39 Å². The second-order valence-corrected chi connectivity index (χ2v) is 8.94. The summed E-state index contributed by atoms with van der Waals surface area (Å²) in [5.41, 5.74) is 2.59. The van der Waals surface area contributed by atoms with Crippen molar-refractivity contribution >= 4 is 68.4 Å². The van der Waals surface area contributed by atoms with E-state index in [4.69, 9.17) is 9.73 Å². The third kappa shape index (κ3) is 4.58. The molecule has 0 aliphatic carbocycles. The SMILES string of the molecule is COCC[C@H]1CN(C2=Nc3ccc(F)cc3Nc3sc4ccccc4c32)CCN1C.Cl.Cl. The highest BCUT2D eigenvalue weighted by atomic mass is 35.5. The smallest absolute Gasteiger partial charge is 0.140 e. The molecular formula is C23H27Cl2FN4OS. The summed E-state index contributed by atoms with van der Waals surface area (Å²) in [4.78, 5) is 9.87. The van der Waals surface area contributed by atoms with Crippen molar-refractivity contribution in [2.24, 2.45) is 4.99 Å². The summed E-state index contributed by atoms with van der Waals surface area (Å²) >= 11 is 1.69. The van der Waals surface area contributed by atoms with Gasteiger partial charge in [-0.25, -0.2) is 9.38 Å². The number of amidine groups is 1. The number of halogens is 3. The Hall–Kier alpha value is -1.90. The Labute approximate surface area is 204 Å². The van der Waals surface area contributed by atoms with Crippen molar-refractivity contribution in [1.29, 1.82) is 0 Å². The number of methoxy groups -OCH3 is 1. The molecule has 172 valence electrons. The highest BCUT2D eigenvalue weighted by Gasteiger charge is 2.31. The number of piperazine rings is 1. The molecule has 0 radical (unpaired) electrons. The topological polar surface area (TPSA) is 40.1 Å². The lowest BCUT2D eigenvalue weighted by Crippen LogP contribution is -2.53. The normalized spacial score (nSPS) is 17.9. The van der Waals surface area contributed by atoms with Crippen molar-refractivity contribution in [3.63, 3.8) is 0 Å². The van der Waals surface area contributed by atoms with E-state index in [0.717, 1.165) is 54.7 Å². The summed E-state index contributed by atoms with van der Waals surface area (Å²) < 4.78 is 20.5. The number of benzene rings is 2. The largest absolute Gasteiger partial charge is 0.385 e. The summed E-state index contributed by atoms with van der Waals surface area (Å²) in [6.45, 7) is 3.50. The van der Waals surface area contributed by atoms with Gasteiger partial charge in [0.15, 0.2) is 0 Å². The second kappa shape index (κ2) is 10.4. The van der Waals surface area contributed by atoms with Crippen LogP contribution in [0.5, 0.6) is 0 Å². The molecular weight excluding hydrogens is 470 g/mol. The molecule has 5 rings (SSSR count). The molecule has 0 bridgehead atoms. The van der Waals surface area contributed by atoms with Gasteiger partial charge in [-0.3, -0.25) is 4.90 Å². The zero-order valence-corrected chi connectivity index (χ0v) is 20.5. The van der Waals surface area contributed by atoms with Crippen LogP contribution in [-0.2, 0) is 4.74 Å². The third-order valence-corrected chi connectivity index (χ3v) is 7.07. The molecule has 32 heavy (non-hydrogen) atoms. The molecule has 1 saturated heterocycles. The van der Waals surface area contributed by atoms with E-state index in [2.05, 4.69) is 46.4 Å². The van der Waals surface area contributed by atoms with Crippen molar-refractivity contribution in [2.45, 2.75) is 12.5 Å². The van der Waals surface area contributed by atoms with E-state index in [1.165, 1.54) is 22.2 Å². The van der Waals surface area contributed by atoms with Crippen LogP contribution in [0.15, 0.2) is 47.5 Å². The van der Waals surface area contributed by atoms with Gasteiger partial charge in [0.05, 0.1) is 16.9 Å². The molecule has 1 fully saturated rings. The number of ether oxygens (including phenoxy) is 1. The number of aliphatic imine (C=N–C) groups is 1. The number of likely N-dealkylation sites (N-methyl/N-ethyl adjacent to an activating group) is 1. The van der Waals surface area contributed by atoms with Crippen LogP contribution in [-0.4, -0.2) is 62.1 Å². The molecule has 1 atom stereocenters. The molecule has 0 unspecified atom stereocenters. The average Bonchev–Trinajstić information content (AvgIpc) is 3.02. The third-order valence-electron chi connectivity index (χ3n) is 5.98. The number of hydrogen-bond donors (Lipinski definition) is 1. The van der Waals surface area contributed by atoms with E-state index in [-0.39, 0.29) is 30.6 Å². The molecule has 2 aliphatic heterocycles. The molecule has 2 aliphatic rings. The fourth-order valence-electron chi connectivity index (χ4n) is 4.29. The number of hydrogen-bond acceptors (Lipinski definition) is 6. The number of rotatable bonds is 3. The molecule has 1 aromatic heterocycles. The lowest BCUT2D eigenvalue weighted by atomic mass is 10.1. The van der Waals surface area contributed by atoms with E-state index in [1.54, 1.807) is 24.5 Å². The second-order valence-electron chi connectivity index (χ2n) is 7.89. The summed E-state index contributed by atoms with van der Waals surface area (Å²) in [6, 6.07) is 13.6. The number of nitrogens with one attached hydrogen (secondary N) is 1. The number of thiophene rings is 1. The first-order chi connectivity index (χ1) is 14.6. The standard InChI is InChI=1S/C23H25FN4OS.2ClH/c1-27-10-11-28(14-16(27)9-12-29-2)22-21-17-5-3-4-6-20(17)30-23(21)26-19-13-15(24)7-8-18(19)25-22;;/h3-8,13,16,26H,9-12,14H2,1-2H3;2*1H/t16-;;/m0../s1. The van der Waals surface area contributed by atoms with E-state index < -0.39 is 0 Å². The molecule has 1 N–H and O–H groups in total. The summed E-state index contributed by atoms with van der Waals surface area (Å²) in [5, 5.41) is 5.67. The molecule has 3 aromatic rings. The van der Waals surface area contributed by atoms with Gasteiger partial charge in [-0.1, -0.05) is 18.2 Å². The van der Waals surface area contributed by atoms with Gasteiger partial charge in [-0.2, -0.15) is 0 Å². The maximum absolute atomic E-state index is 14.0. The van der Waals surface area contributed by atoms with Gasteiger partial charge in [-0.15, -0.1) is 36.2 Å². The van der Waals surface area contributed by atoms with Gasteiger partial charge in [0.25, 0.3) is 0 Å². The predicted octanol–water partition coefficient (Wildman–Crippen LogP) is 5.67. The Bertz CT molecular complexity index is 1120. The van der Waals surface area contributed by atoms with E-state index >= 15 is 0 Å². The fraction of sp³-hybridized carbons (Fsp3) is 0.348. The van der Waals surface area contributed by atoms with Crippen molar-refractivity contribution in [1.82, 2.24) is 9.80 Å². The fourth-order valence-corrected chi connectivity index (χ4v) is 5.40. The molecule has 2 aromatic carbocycles. The van der Waals surface area contributed by atoms with Gasteiger partial charge < -0.3 is 15.0 Å². The first-order valence-electron chi connectivity index (χ1n) is 10.3. The maximum Gasteiger partial charge on any atom is 0.140 e. The highest BCUT2D eigenvalue weighted by molar-refractivity contribution is 7.23. The lowest BCUT2D eigenvalue weighted by Gasteiger charge is -2.41. The molecule has 0 saturated carbocycles. The average molecular weight is 497 g/mol. The van der Waals surface area contributed by atoms with Crippen LogP contribution >= 0.6 is 36.2 Å². The molecule has 0 amide bonds. The van der Waals surface area contributed by atoms with Gasteiger partial charge >= 0.3 is 0 Å². The Kier molecular flexibility index (Phi) is 8.01. The monoisotopic (exact) mass is 496 g/mol. The predicted molar refractivity (Wildman–Crippen MR) is 137 cm³/mol. The van der Waals surface area contributed by atoms with Crippen molar-refractivity contribution in [3.8, 4) is 0 Å². The summed E-state index contributed by atoms with van der Waals surface area (Å²) in [7, 11) is 3.93. The Morgan fingerprint density at radius 3 is 2.81 bits per heavy atom. The Morgan fingerprint density at radius 1 is 1.19 bits per heavy atom. The Morgan fingerprint density at radius 2 is 2.00 bits per heavy atom. The van der Waals surface area contributed by atoms with Crippen molar-refractivity contribution in [3.05, 3.63) is 53.8 Å². The number of fused-ring (bicyclic) bond motifs is 4. The van der Waals surface area contributed by atoms with Gasteiger partial charge in [0.1, 0.15) is 16.7 Å². The highest BCUT2D eigenvalue weighted by Crippen LogP contribution is 2.43. The molecule has 0 spiro atoms. The van der Waals surface area contributed by atoms with Crippen LogP contribution in [0.3, 0.4) is 0 Å². The van der Waals surface area contributed by atoms with Crippen LogP contribution < -0.4 is 5.32 Å². The van der Waals surface area contributed by atoms with Gasteiger partial charge in [-0.05, 0) is 37.7 Å². The van der Waals surface area contributed by atoms with Crippen LogP contribution in [0.1, 0.15) is 12.0 Å². The van der Waals surface area contributed by atoms with E-state index in [1.807, 2.05) is 0 Å². The van der Waals surface area contributed by atoms with Crippen LogP contribution in [0, 0.1) is 5.82 Å². The molecule has 9 heteroatoms. The number of nitrogens with zero attached hydrogens (tertiary/aromatic N) is 3. The minimum absolute atomic E-state index is 0. The summed E-state index contributed by atoms with van der Waals surface area (Å²) in [6.07, 6.45) is 0.980. The van der Waals surface area contributed by atoms with Crippen LogP contribution in [0.4, 0.5) is 20.8 Å². The molecule has 3 heterocycles. The lowest BCUT2D eigenvalue weighted by molar-refractivity contribution is 0.100. The molecule has 5 nitrogen and oxygen atoms in total. The quantitative estimate of drug-likeness (QED) is 0.506. The minimum atomic E-state index is -0.262. The van der Waals surface area contributed by atoms with Gasteiger partial charge in [0.2, 0.25) is 0 Å². The first-order valence-corrected chi connectivity index (χ1v) is 11.1. The van der Waals surface area contributed by atoms with Crippen molar-refractivity contribution < 1.29 is 9.13 Å². The zero-order valence-electron chi connectivity index (χ0n) is 18.0. The van der Waals surface area contributed by atoms with Crippen molar-refractivity contribution in [2.75, 3.05) is 45.7 Å². The zero-order chi connectivity index (χ0) is 20.7. The van der Waals surface area contributed by atoms with E-state index in [0.29, 0.717) is 11.7 Å². The van der Waals surface area contributed by atoms with Crippen LogP contribution in [0.2, 0.25) is 0 Å². The Balaban J connectivity index is 0.00000144. The van der Waals surface area contributed by atoms with Crippen LogP contribution in [0.25, 0.3) is 10.1 Å². The minimum Gasteiger partial charge on any atom is -0.385 e. The van der Waals surface area contributed by atoms with Gasteiger partial charge in [0, 0.05) is 49.5 Å². The first kappa shape index (κ1) is 24.7.